The Morgan fingerprint density at radius 3 is 2.69 bits per heavy atom. The maximum Gasteiger partial charge on any atom is 0.0409 e. The first-order valence-corrected chi connectivity index (χ1v) is 5.15. The fourth-order valence-corrected chi connectivity index (χ4v) is 1.81. The highest BCUT2D eigenvalue weighted by atomic mass is 35.5. The van der Waals surface area contributed by atoms with Gasteiger partial charge >= 0.3 is 0 Å². The quantitative estimate of drug-likeness (QED) is 0.789. The van der Waals surface area contributed by atoms with E-state index in [0.717, 1.165) is 10.9 Å². The molecule has 1 aliphatic carbocycles. The van der Waals surface area contributed by atoms with E-state index in [1.54, 1.807) is 0 Å². The van der Waals surface area contributed by atoms with Crippen molar-refractivity contribution in [2.24, 2.45) is 11.7 Å². The summed E-state index contributed by atoms with van der Waals surface area (Å²) < 4.78 is 0. The second-order valence-corrected chi connectivity index (χ2v) is 4.20. The number of halogens is 1. The molecular weight excluding hydrogens is 182 g/mol. The summed E-state index contributed by atoms with van der Waals surface area (Å²) in [4.78, 5) is 0. The Morgan fingerprint density at radius 1 is 1.31 bits per heavy atom. The minimum atomic E-state index is 0.600. The van der Waals surface area contributed by atoms with Gasteiger partial charge < -0.3 is 5.73 Å². The molecule has 70 valence electrons. The van der Waals surface area contributed by atoms with Crippen LogP contribution in [0.5, 0.6) is 0 Å². The van der Waals surface area contributed by atoms with E-state index < -0.39 is 0 Å². The van der Waals surface area contributed by atoms with Crippen LogP contribution in [0.2, 0.25) is 5.02 Å². The van der Waals surface area contributed by atoms with Crippen LogP contribution in [0.25, 0.3) is 0 Å². The highest BCUT2D eigenvalue weighted by Crippen LogP contribution is 2.33. The second-order valence-electron chi connectivity index (χ2n) is 3.76. The lowest BCUT2D eigenvalue weighted by atomic mass is 10.0. The molecular formula is C11H14ClN. The van der Waals surface area contributed by atoms with E-state index in [1.165, 1.54) is 30.4 Å². The van der Waals surface area contributed by atoms with Gasteiger partial charge in [-0.05, 0) is 48.4 Å². The molecule has 1 aliphatic rings. The average Bonchev–Trinajstić information content (AvgIpc) is 2.92. The first-order valence-electron chi connectivity index (χ1n) is 4.77. The molecule has 0 radical (unpaired) electrons. The molecule has 0 saturated heterocycles. The fraction of sp³-hybridized carbons (Fsp3) is 0.455. The Labute approximate surface area is 83.9 Å². The summed E-state index contributed by atoms with van der Waals surface area (Å²) in [5, 5.41) is 0.792. The summed E-state index contributed by atoms with van der Waals surface area (Å²) in [6, 6.07) is 6.06. The van der Waals surface area contributed by atoms with Gasteiger partial charge in [0.1, 0.15) is 0 Å². The monoisotopic (exact) mass is 195 g/mol. The van der Waals surface area contributed by atoms with E-state index in [-0.39, 0.29) is 0 Å². The van der Waals surface area contributed by atoms with E-state index in [1.807, 2.05) is 12.1 Å². The van der Waals surface area contributed by atoms with Crippen LogP contribution in [-0.4, -0.2) is 0 Å². The van der Waals surface area contributed by atoms with Crippen molar-refractivity contribution in [2.75, 3.05) is 0 Å². The van der Waals surface area contributed by atoms with E-state index in [0.29, 0.717) is 6.54 Å². The van der Waals surface area contributed by atoms with Crippen LogP contribution in [-0.2, 0) is 13.0 Å². The predicted octanol–water partition coefficient (Wildman–Crippen LogP) is 2.75. The summed E-state index contributed by atoms with van der Waals surface area (Å²) in [6.07, 6.45) is 3.95. The third-order valence-corrected chi connectivity index (χ3v) is 2.83. The lowest BCUT2D eigenvalue weighted by Gasteiger charge is -2.06. The minimum absolute atomic E-state index is 0.600. The van der Waals surface area contributed by atoms with Crippen molar-refractivity contribution < 1.29 is 0 Å². The zero-order valence-corrected chi connectivity index (χ0v) is 8.35. The Hall–Kier alpha value is -0.530. The number of rotatable bonds is 3. The minimum Gasteiger partial charge on any atom is -0.326 e. The van der Waals surface area contributed by atoms with Crippen LogP contribution in [0.3, 0.4) is 0 Å². The Balaban J connectivity index is 2.21. The normalized spacial score (nSPS) is 16.2. The zero-order valence-electron chi connectivity index (χ0n) is 7.59. The van der Waals surface area contributed by atoms with Gasteiger partial charge in [0.05, 0.1) is 0 Å². The summed E-state index contributed by atoms with van der Waals surface area (Å²) in [5.74, 6) is 0.909. The summed E-state index contributed by atoms with van der Waals surface area (Å²) in [6.45, 7) is 0.600. The molecule has 1 aromatic carbocycles. The van der Waals surface area contributed by atoms with Gasteiger partial charge in [-0.15, -0.1) is 0 Å². The van der Waals surface area contributed by atoms with Crippen molar-refractivity contribution in [2.45, 2.75) is 25.8 Å². The lowest BCUT2D eigenvalue weighted by Crippen LogP contribution is -2.02. The van der Waals surface area contributed by atoms with E-state index in [2.05, 4.69) is 6.07 Å². The molecule has 0 amide bonds. The van der Waals surface area contributed by atoms with Crippen LogP contribution in [0, 0.1) is 5.92 Å². The van der Waals surface area contributed by atoms with Crippen molar-refractivity contribution in [1.82, 2.24) is 0 Å². The molecule has 0 heterocycles. The van der Waals surface area contributed by atoms with Crippen molar-refractivity contribution >= 4 is 11.6 Å². The van der Waals surface area contributed by atoms with Crippen LogP contribution < -0.4 is 5.73 Å². The summed E-state index contributed by atoms with van der Waals surface area (Å²) in [5.41, 5.74) is 8.25. The average molecular weight is 196 g/mol. The smallest absolute Gasteiger partial charge is 0.0409 e. The van der Waals surface area contributed by atoms with Gasteiger partial charge in [0.15, 0.2) is 0 Å². The van der Waals surface area contributed by atoms with Crippen molar-refractivity contribution in [3.63, 3.8) is 0 Å². The molecule has 1 fully saturated rings. The van der Waals surface area contributed by atoms with Crippen LogP contribution in [0.4, 0.5) is 0 Å². The Bertz CT molecular complexity index is 305. The molecule has 1 aromatic rings. The van der Waals surface area contributed by atoms with Crippen molar-refractivity contribution in [1.29, 1.82) is 0 Å². The van der Waals surface area contributed by atoms with Gasteiger partial charge in [0.2, 0.25) is 0 Å². The highest BCUT2D eigenvalue weighted by Gasteiger charge is 2.22. The van der Waals surface area contributed by atoms with Gasteiger partial charge in [-0.2, -0.15) is 0 Å². The number of hydrogen-bond acceptors (Lipinski definition) is 1. The second kappa shape index (κ2) is 3.69. The van der Waals surface area contributed by atoms with Gasteiger partial charge in [-0.3, -0.25) is 0 Å². The molecule has 0 atom stereocenters. The molecule has 0 aliphatic heterocycles. The predicted molar refractivity (Wildman–Crippen MR) is 55.8 cm³/mol. The van der Waals surface area contributed by atoms with E-state index in [4.69, 9.17) is 17.3 Å². The van der Waals surface area contributed by atoms with E-state index in [9.17, 15) is 0 Å². The Kier molecular flexibility index (Phi) is 2.56. The molecule has 2 rings (SSSR count). The summed E-state index contributed by atoms with van der Waals surface area (Å²) in [7, 11) is 0. The van der Waals surface area contributed by atoms with Gasteiger partial charge in [-0.25, -0.2) is 0 Å². The molecule has 1 nitrogen and oxygen atoms in total. The molecule has 2 heteroatoms. The molecule has 2 N–H and O–H groups in total. The van der Waals surface area contributed by atoms with Gasteiger partial charge in [0.25, 0.3) is 0 Å². The van der Waals surface area contributed by atoms with Crippen molar-refractivity contribution in [3.8, 4) is 0 Å². The third kappa shape index (κ3) is 2.23. The molecule has 0 spiro atoms. The molecule has 0 bridgehead atoms. The molecule has 0 aromatic heterocycles. The van der Waals surface area contributed by atoms with Crippen LogP contribution in [0.1, 0.15) is 24.0 Å². The Morgan fingerprint density at radius 2 is 2.08 bits per heavy atom. The van der Waals surface area contributed by atoms with E-state index >= 15 is 0 Å². The van der Waals surface area contributed by atoms with Gasteiger partial charge in [-0.1, -0.05) is 17.7 Å². The van der Waals surface area contributed by atoms with Crippen molar-refractivity contribution in [3.05, 3.63) is 34.3 Å². The maximum atomic E-state index is 5.89. The maximum absolute atomic E-state index is 5.89. The first-order chi connectivity index (χ1) is 6.29. The summed E-state index contributed by atoms with van der Waals surface area (Å²) >= 11 is 5.89. The number of nitrogens with two attached hydrogens (primary N) is 1. The molecule has 13 heavy (non-hydrogen) atoms. The molecule has 0 unspecified atom stereocenters. The number of hydrogen-bond donors (Lipinski definition) is 1. The van der Waals surface area contributed by atoms with Gasteiger partial charge in [0, 0.05) is 11.6 Å². The third-order valence-electron chi connectivity index (χ3n) is 2.59. The standard InChI is InChI=1S/C11H14ClN/c12-11-4-3-9(5-8-1-2-8)10(6-11)7-13/h3-4,6,8H,1-2,5,7,13H2. The fourth-order valence-electron chi connectivity index (χ4n) is 1.62. The lowest BCUT2D eigenvalue weighted by molar-refractivity contribution is 0.816. The topological polar surface area (TPSA) is 26.0 Å². The molecule has 1 saturated carbocycles. The number of benzene rings is 1. The zero-order chi connectivity index (χ0) is 9.26. The van der Waals surface area contributed by atoms with Crippen LogP contribution in [0.15, 0.2) is 18.2 Å². The largest absolute Gasteiger partial charge is 0.326 e. The van der Waals surface area contributed by atoms with Crippen LogP contribution >= 0.6 is 11.6 Å². The first kappa shape index (κ1) is 9.04. The highest BCUT2D eigenvalue weighted by molar-refractivity contribution is 6.30. The SMILES string of the molecule is NCc1cc(Cl)ccc1CC1CC1.